The van der Waals surface area contributed by atoms with Crippen LogP contribution in [0.3, 0.4) is 0 Å². The van der Waals surface area contributed by atoms with Crippen LogP contribution < -0.4 is 0 Å². The van der Waals surface area contributed by atoms with Gasteiger partial charge >= 0.3 is 0 Å². The van der Waals surface area contributed by atoms with Crippen LogP contribution in [0.5, 0.6) is 0 Å². The molecule has 4 aliphatic carbocycles. The van der Waals surface area contributed by atoms with Crippen LogP contribution in [0.4, 0.5) is 0 Å². The Morgan fingerprint density at radius 1 is 0.812 bits per heavy atom. The summed E-state index contributed by atoms with van der Waals surface area (Å²) in [4.78, 5) is 0. The Hall–Kier alpha value is -0.600. The average Bonchev–Trinajstić information content (AvgIpc) is 2.67. The lowest BCUT2D eigenvalue weighted by Crippen LogP contribution is -2.50. The molecule has 0 radical (unpaired) electrons. The van der Waals surface area contributed by atoms with Crippen molar-refractivity contribution in [2.75, 3.05) is 13.2 Å². The number of aliphatic hydroxyl groups excluding tert-OH is 2. The summed E-state index contributed by atoms with van der Waals surface area (Å²) in [6.45, 7) is 21.5. The number of allylic oxidation sites excluding steroid dienone is 1. The van der Waals surface area contributed by atoms with E-state index in [1.807, 2.05) is 0 Å². The molecule has 3 saturated carbocycles. The van der Waals surface area contributed by atoms with E-state index < -0.39 is 0 Å². The van der Waals surface area contributed by atoms with Crippen molar-refractivity contribution in [3.8, 4) is 0 Å². The highest BCUT2D eigenvalue weighted by Gasteiger charge is 2.53. The highest BCUT2D eigenvalue weighted by molar-refractivity contribution is 5.18. The Balaban J connectivity index is 0.000000181. The van der Waals surface area contributed by atoms with Crippen molar-refractivity contribution in [2.24, 2.45) is 45.3 Å². The van der Waals surface area contributed by atoms with Crippen molar-refractivity contribution in [1.29, 1.82) is 0 Å². The fourth-order valence-corrected chi connectivity index (χ4v) is 9.10. The second kappa shape index (κ2) is 9.21. The third-order valence-electron chi connectivity index (χ3n) is 11.0. The minimum absolute atomic E-state index is 0.294. The van der Waals surface area contributed by atoms with E-state index in [0.717, 1.165) is 18.3 Å². The van der Waals surface area contributed by atoms with Gasteiger partial charge in [0.05, 0.1) is 13.2 Å². The largest absolute Gasteiger partial charge is 0.396 e. The number of hydrogen-bond donors (Lipinski definition) is 2. The van der Waals surface area contributed by atoms with Gasteiger partial charge < -0.3 is 10.2 Å². The number of hydrogen-bond acceptors (Lipinski definition) is 2. The van der Waals surface area contributed by atoms with E-state index in [1.165, 1.54) is 62.5 Å². The van der Waals surface area contributed by atoms with Crippen molar-refractivity contribution in [3.05, 3.63) is 23.8 Å². The van der Waals surface area contributed by atoms with E-state index in [2.05, 4.69) is 61.1 Å². The van der Waals surface area contributed by atoms with Gasteiger partial charge in [0, 0.05) is 11.8 Å². The highest BCUT2D eigenvalue weighted by Crippen LogP contribution is 2.61. The average molecular weight is 445 g/mol. The van der Waals surface area contributed by atoms with Crippen LogP contribution in [0.2, 0.25) is 0 Å². The first-order valence-corrected chi connectivity index (χ1v) is 13.4. The molecule has 2 nitrogen and oxygen atoms in total. The maximum atomic E-state index is 9.69. The van der Waals surface area contributed by atoms with Gasteiger partial charge in [-0.25, -0.2) is 0 Å². The molecule has 4 aliphatic rings. The Labute approximate surface area is 199 Å². The molecule has 0 aromatic carbocycles. The lowest BCUT2D eigenvalue weighted by Gasteiger charge is -2.57. The normalized spacial score (nSPS) is 42.7. The molecule has 32 heavy (non-hydrogen) atoms. The van der Waals surface area contributed by atoms with Crippen molar-refractivity contribution < 1.29 is 10.2 Å². The SMILES string of the molecule is C=C1CC[C@H]2C(C)(C)CCC[C@]2(C)[C@H]1CO.CC1=CC[C@H]2C(C)(C)CCC[C@]2(C)[C@H]1CO. The Morgan fingerprint density at radius 3 is 1.84 bits per heavy atom. The molecular weight excluding hydrogens is 392 g/mol. The van der Waals surface area contributed by atoms with Gasteiger partial charge in [-0.1, -0.05) is 78.2 Å². The highest BCUT2D eigenvalue weighted by atomic mass is 16.3. The second-order valence-electron chi connectivity index (χ2n) is 13.7. The summed E-state index contributed by atoms with van der Waals surface area (Å²) in [5.41, 5.74) is 4.22. The Bertz CT molecular complexity index is 712. The first kappa shape index (κ1) is 26.0. The van der Waals surface area contributed by atoms with Gasteiger partial charge in [-0.3, -0.25) is 0 Å². The zero-order valence-electron chi connectivity index (χ0n) is 22.3. The van der Waals surface area contributed by atoms with Gasteiger partial charge in [-0.2, -0.15) is 0 Å². The molecule has 2 N–H and O–H groups in total. The predicted octanol–water partition coefficient (Wildman–Crippen LogP) is 7.56. The number of fused-ring (bicyclic) bond motifs is 2. The lowest BCUT2D eigenvalue weighted by atomic mass is 9.48. The van der Waals surface area contributed by atoms with Crippen molar-refractivity contribution in [3.63, 3.8) is 0 Å². The molecule has 3 fully saturated rings. The predicted molar refractivity (Wildman–Crippen MR) is 136 cm³/mol. The van der Waals surface area contributed by atoms with E-state index >= 15 is 0 Å². The Kier molecular flexibility index (Phi) is 7.49. The zero-order valence-corrected chi connectivity index (χ0v) is 22.3. The van der Waals surface area contributed by atoms with Crippen molar-refractivity contribution in [2.45, 2.75) is 106 Å². The third kappa shape index (κ3) is 4.40. The van der Waals surface area contributed by atoms with Crippen LogP contribution >= 0.6 is 0 Å². The number of rotatable bonds is 2. The maximum Gasteiger partial charge on any atom is 0.0501 e. The quantitative estimate of drug-likeness (QED) is 0.431. The molecule has 0 aromatic rings. The lowest BCUT2D eigenvalue weighted by molar-refractivity contribution is -0.0651. The molecule has 6 atom stereocenters. The van der Waals surface area contributed by atoms with Crippen LogP contribution in [0, 0.1) is 45.3 Å². The Morgan fingerprint density at radius 2 is 1.31 bits per heavy atom. The van der Waals surface area contributed by atoms with Gasteiger partial charge in [0.1, 0.15) is 0 Å². The summed E-state index contributed by atoms with van der Waals surface area (Å²) in [7, 11) is 0. The smallest absolute Gasteiger partial charge is 0.0501 e. The monoisotopic (exact) mass is 444 g/mol. The van der Waals surface area contributed by atoms with Crippen molar-refractivity contribution in [1.82, 2.24) is 0 Å². The molecule has 0 amide bonds. The topological polar surface area (TPSA) is 40.5 Å². The minimum Gasteiger partial charge on any atom is -0.396 e. The summed E-state index contributed by atoms with van der Waals surface area (Å²) in [5, 5.41) is 19.4. The van der Waals surface area contributed by atoms with Gasteiger partial charge in [0.2, 0.25) is 0 Å². The molecule has 0 bridgehead atoms. The van der Waals surface area contributed by atoms with E-state index in [0.29, 0.717) is 46.7 Å². The molecule has 0 saturated heterocycles. The second-order valence-corrected chi connectivity index (χ2v) is 13.7. The first-order valence-electron chi connectivity index (χ1n) is 13.4. The summed E-state index contributed by atoms with van der Waals surface area (Å²) in [6.07, 6.45) is 13.9. The molecule has 4 rings (SSSR count). The standard InChI is InChI=1S/2C15H26O/c2*1-11-6-7-13-14(2,3)8-5-9-15(13,4)12(11)10-16/h6,12-13,16H,5,7-10H2,1-4H3;12-13,16H,1,5-10H2,2-4H3/t2*12-,13-,15+/m00/s1. The van der Waals surface area contributed by atoms with E-state index in [4.69, 9.17) is 0 Å². The molecule has 0 aromatic heterocycles. The molecule has 0 heterocycles. The van der Waals surface area contributed by atoms with E-state index in [-0.39, 0.29) is 0 Å². The van der Waals surface area contributed by atoms with Crippen LogP contribution in [0.15, 0.2) is 23.8 Å². The van der Waals surface area contributed by atoms with E-state index in [9.17, 15) is 10.2 Å². The number of aliphatic hydroxyl groups is 2. The fourth-order valence-electron chi connectivity index (χ4n) is 9.10. The molecule has 184 valence electrons. The van der Waals surface area contributed by atoms with Gasteiger partial charge in [0.25, 0.3) is 0 Å². The third-order valence-corrected chi connectivity index (χ3v) is 11.0. The van der Waals surface area contributed by atoms with Crippen LogP contribution in [0.25, 0.3) is 0 Å². The van der Waals surface area contributed by atoms with Gasteiger partial charge in [-0.15, -0.1) is 0 Å². The molecule has 0 spiro atoms. The summed E-state index contributed by atoms with van der Waals surface area (Å²) >= 11 is 0. The zero-order chi connectivity index (χ0) is 23.9. The molecule has 0 unspecified atom stereocenters. The molecular formula is C30H52O2. The fraction of sp³-hybridized carbons (Fsp3) is 0.867. The van der Waals surface area contributed by atoms with Crippen LogP contribution in [-0.2, 0) is 0 Å². The van der Waals surface area contributed by atoms with Gasteiger partial charge in [0.15, 0.2) is 0 Å². The first-order chi connectivity index (χ1) is 14.8. The summed E-state index contributed by atoms with van der Waals surface area (Å²) < 4.78 is 0. The summed E-state index contributed by atoms with van der Waals surface area (Å²) in [6, 6.07) is 0. The maximum absolute atomic E-state index is 9.69. The van der Waals surface area contributed by atoms with Crippen LogP contribution in [0.1, 0.15) is 106 Å². The van der Waals surface area contributed by atoms with Gasteiger partial charge in [-0.05, 0) is 85.4 Å². The van der Waals surface area contributed by atoms with Crippen molar-refractivity contribution >= 4 is 0 Å². The minimum atomic E-state index is 0.294. The van der Waals surface area contributed by atoms with E-state index in [1.54, 1.807) is 0 Å². The van der Waals surface area contributed by atoms with Crippen LogP contribution in [-0.4, -0.2) is 23.4 Å². The summed E-state index contributed by atoms with van der Waals surface area (Å²) in [5.74, 6) is 2.24. The molecule has 0 aliphatic heterocycles. The molecule has 2 heteroatoms.